The highest BCUT2D eigenvalue weighted by Crippen LogP contribution is 2.41. The number of aromatic nitrogens is 10. The molecule has 0 fully saturated rings. The van der Waals surface area contributed by atoms with Crippen LogP contribution < -0.4 is 10.6 Å². The first-order valence-corrected chi connectivity index (χ1v) is 28.5. The molecule has 0 saturated carbocycles. The van der Waals surface area contributed by atoms with E-state index in [9.17, 15) is 48.6 Å². The number of carbonyl (C=O) groups excluding carboxylic acids is 2. The first-order chi connectivity index (χ1) is 39.4. The molecule has 19 nitrogen and oxygen atoms in total. The Hall–Kier alpha value is -9.86. The van der Waals surface area contributed by atoms with E-state index in [1.54, 1.807) is 115 Å². The maximum Gasteiger partial charge on any atom is 0.416 e. The van der Waals surface area contributed by atoms with Crippen LogP contribution in [0, 0.1) is 36.5 Å². The zero-order chi connectivity index (χ0) is 59.5. The molecule has 2 amide bonds. The van der Waals surface area contributed by atoms with Crippen molar-refractivity contribution in [3.63, 3.8) is 0 Å². The van der Waals surface area contributed by atoms with Gasteiger partial charge < -0.3 is 0 Å². The number of anilines is 2. The summed E-state index contributed by atoms with van der Waals surface area (Å²) in [6.07, 6.45) is -0.516. The van der Waals surface area contributed by atoms with E-state index in [0.29, 0.717) is 67.3 Å². The van der Waals surface area contributed by atoms with Gasteiger partial charge in [0.05, 0.1) is 75.3 Å². The fraction of sp³-hybridized carbons (Fsp3) is 0.179. The summed E-state index contributed by atoms with van der Waals surface area (Å²) in [7, 11) is -4.55. The normalized spacial score (nSPS) is 12.1. The molecule has 1 atom stereocenters. The van der Waals surface area contributed by atoms with E-state index in [1.165, 1.54) is 33.5 Å². The molecule has 6 aromatic heterocycles. The van der Waals surface area contributed by atoms with Crippen LogP contribution in [0.5, 0.6) is 0 Å². The van der Waals surface area contributed by atoms with Gasteiger partial charge in [-0.05, 0) is 121 Å². The minimum atomic E-state index is -4.58. The van der Waals surface area contributed by atoms with Gasteiger partial charge in [-0.15, -0.1) is 10.2 Å². The summed E-state index contributed by atoms with van der Waals surface area (Å²) < 4.78 is 122. The molecule has 0 radical (unpaired) electrons. The zero-order valence-corrected chi connectivity index (χ0v) is 45.7. The molecule has 10 rings (SSSR count). The number of amides is 2. The Balaban J connectivity index is 0.000000200. The second kappa shape index (κ2) is 23.3. The first-order valence-electron chi connectivity index (χ1n) is 24.7. The number of nitrogens with one attached hydrogen (secondary N) is 2. The molecule has 4 aromatic carbocycles. The van der Waals surface area contributed by atoms with Gasteiger partial charge >= 0.3 is 12.4 Å². The smallest absolute Gasteiger partial charge is 0.293 e. The van der Waals surface area contributed by atoms with Gasteiger partial charge in [0.2, 0.25) is 23.7 Å². The first kappa shape index (κ1) is 57.8. The van der Waals surface area contributed by atoms with Crippen LogP contribution in [-0.4, -0.2) is 97.2 Å². The molecule has 27 heteroatoms. The number of hydrogen-bond acceptors (Lipinski definition) is 13. The summed E-state index contributed by atoms with van der Waals surface area (Å²) in [6.45, 7) is 3.50. The van der Waals surface area contributed by atoms with Crippen LogP contribution in [0.3, 0.4) is 0 Å². The summed E-state index contributed by atoms with van der Waals surface area (Å²) in [5.74, 6) is -1.46. The lowest BCUT2D eigenvalue weighted by Crippen LogP contribution is -2.17. The average Bonchev–Trinajstić information content (AvgIpc) is 2.68. The van der Waals surface area contributed by atoms with E-state index in [1.807, 2.05) is 0 Å². The Morgan fingerprint density at radius 3 is 1.41 bits per heavy atom. The van der Waals surface area contributed by atoms with Crippen molar-refractivity contribution in [2.45, 2.75) is 39.0 Å². The molecule has 2 N–H and O–H groups in total. The van der Waals surface area contributed by atoms with Gasteiger partial charge in [0.15, 0.2) is 11.3 Å². The molecule has 6 heterocycles. The highest BCUT2D eigenvalue weighted by atomic mass is 32.2. The number of nitrogens with zero attached hydrogens (tertiary/aromatic N) is 12. The van der Waals surface area contributed by atoms with Crippen LogP contribution in [0.2, 0.25) is 0 Å². The number of carbonyl (C=O) groups is 2. The number of pyridine rings is 2. The van der Waals surface area contributed by atoms with Crippen LogP contribution >= 0.6 is 0 Å². The number of alkyl halides is 6. The monoisotopic (exact) mass is 1170 g/mol. The predicted molar refractivity (Wildman–Crippen MR) is 296 cm³/mol. The van der Waals surface area contributed by atoms with Crippen LogP contribution in [0.25, 0.3) is 67.4 Å². The van der Waals surface area contributed by atoms with Crippen molar-refractivity contribution in [3.8, 4) is 68.3 Å². The topological polar surface area (TPSA) is 253 Å². The van der Waals surface area contributed by atoms with E-state index in [0.717, 1.165) is 30.5 Å². The zero-order valence-electron chi connectivity index (χ0n) is 44.0. The van der Waals surface area contributed by atoms with Crippen molar-refractivity contribution in [1.29, 1.82) is 10.5 Å². The maximum atomic E-state index is 13.6. The second-order valence-electron chi connectivity index (χ2n) is 18.7. The van der Waals surface area contributed by atoms with E-state index in [4.69, 9.17) is 10.5 Å². The van der Waals surface area contributed by atoms with Crippen LogP contribution in [0.4, 0.5) is 38.2 Å². The lowest BCUT2D eigenvalue weighted by Gasteiger charge is -2.16. The van der Waals surface area contributed by atoms with Crippen molar-refractivity contribution >= 4 is 55.6 Å². The molecule has 1 unspecified atom stereocenters. The third-order valence-corrected chi connectivity index (χ3v) is 14.6. The number of hydrogen-bond donors (Lipinski definition) is 2. The Morgan fingerprint density at radius 2 is 1.04 bits per heavy atom. The molecule has 0 saturated heterocycles. The Bertz CT molecular complexity index is 4370. The number of fused-ring (bicyclic) bond motifs is 2. The lowest BCUT2D eigenvalue weighted by molar-refractivity contribution is -0.138. The van der Waals surface area contributed by atoms with E-state index in [2.05, 4.69) is 53.1 Å². The third kappa shape index (κ3) is 13.0. The molecule has 0 spiro atoms. The summed E-state index contributed by atoms with van der Waals surface area (Å²) in [5, 5.41) is 40.9. The van der Waals surface area contributed by atoms with E-state index < -0.39 is 55.9 Å². The number of rotatable bonds is 14. The highest BCUT2D eigenvalue weighted by molar-refractivity contribution is 7.90. The van der Waals surface area contributed by atoms with Crippen molar-refractivity contribution in [2.75, 3.05) is 34.7 Å². The molecule has 0 aliphatic rings. The van der Waals surface area contributed by atoms with Crippen molar-refractivity contribution in [1.82, 2.24) is 48.8 Å². The van der Waals surface area contributed by atoms with Gasteiger partial charge in [-0.3, -0.25) is 24.4 Å². The van der Waals surface area contributed by atoms with Crippen LogP contribution in [0.1, 0.15) is 46.2 Å². The second-order valence-corrected chi connectivity index (χ2v) is 22.5. The van der Waals surface area contributed by atoms with Gasteiger partial charge in [0, 0.05) is 76.6 Å². The lowest BCUT2D eigenvalue weighted by atomic mass is 9.95. The minimum absolute atomic E-state index is 0.00674. The molecule has 83 heavy (non-hydrogen) atoms. The Morgan fingerprint density at radius 1 is 0.627 bits per heavy atom. The number of sulfone groups is 1. The maximum absolute atomic E-state index is 13.6. The number of benzene rings is 4. The summed E-state index contributed by atoms with van der Waals surface area (Å²) in [5.41, 5.74) is 5.79. The Kier molecular flexibility index (Phi) is 16.2. The molecule has 0 aliphatic carbocycles. The summed E-state index contributed by atoms with van der Waals surface area (Å²) in [6, 6.07) is 30.9. The van der Waals surface area contributed by atoms with Crippen LogP contribution in [-0.2, 0) is 42.6 Å². The molecule has 0 aliphatic heterocycles. The fourth-order valence-corrected chi connectivity index (χ4v) is 9.92. The minimum Gasteiger partial charge on any atom is -0.293 e. The molecule has 0 bridgehead atoms. The highest BCUT2D eigenvalue weighted by Gasteiger charge is 2.33. The third-order valence-electron chi connectivity index (χ3n) is 12.9. The van der Waals surface area contributed by atoms with Gasteiger partial charge in [-0.25, -0.2) is 26.8 Å². The molecule has 10 aromatic rings. The van der Waals surface area contributed by atoms with Crippen molar-refractivity contribution < 1.29 is 48.6 Å². The largest absolute Gasteiger partial charge is 0.416 e. The predicted octanol–water partition coefficient (Wildman–Crippen LogP) is 9.98. The van der Waals surface area contributed by atoms with Crippen LogP contribution in [0.15, 0.2) is 134 Å². The standard InChI is InChI=1S/C28H22F3N7O3S.C28H22F3N7O2S/c1-17-22(23-10-12-33-38(23)21-8-6-18(15-32)7-9-21)16-37-26(25(17)19-4-3-5-20(14-19)28(29,30)31)35-27(36-37)34-24(39)11-13-42(2,40)41;1-17-22(23-10-12-33-38(23)21-8-6-18(15-32)7-9-21)16-37-26(35-27(36-37)34-24(39)11-13-41(2)40)25(17)19-4-3-5-20(14-19)28(29,30)31/h3-10,12,14,16H,11,13H2,1-2H3,(H,34,36,39);3-10,12,14,16H,11,13H2,1-2H3,(H,34,36,39). The van der Waals surface area contributed by atoms with Gasteiger partial charge in [-0.1, -0.05) is 24.3 Å². The molecule has 422 valence electrons. The summed E-state index contributed by atoms with van der Waals surface area (Å²) in [4.78, 5) is 33.6. The fourth-order valence-electron chi connectivity index (χ4n) is 8.90. The average molecular weight is 1170 g/mol. The van der Waals surface area contributed by atoms with Gasteiger partial charge in [0.1, 0.15) is 9.84 Å². The van der Waals surface area contributed by atoms with Gasteiger partial charge in [0.25, 0.3) is 0 Å². The quantitative estimate of drug-likeness (QED) is 0.0963. The SMILES string of the molecule is Cc1c(-c2ccnn2-c2ccc(C#N)cc2)cn2nc(NC(=O)CCS(C)(=O)=O)nc2c1-c1cccc(C(F)(F)F)c1.Cc1c(-c2ccnn2-c2ccc(C#N)cc2)cn2nc(NC(=O)CCS(C)=O)nc2c1-c1cccc(C(F)(F)F)c1. The molecular weight excluding hydrogens is 1130 g/mol. The Labute approximate surface area is 470 Å². The number of nitriles is 2. The summed E-state index contributed by atoms with van der Waals surface area (Å²) >= 11 is 0. The van der Waals surface area contributed by atoms with Crippen molar-refractivity contribution in [3.05, 3.63) is 167 Å². The van der Waals surface area contributed by atoms with E-state index in [-0.39, 0.29) is 58.7 Å². The molecular formula is C56H44F6N14O5S2. The van der Waals surface area contributed by atoms with Crippen molar-refractivity contribution in [2.24, 2.45) is 0 Å². The van der Waals surface area contributed by atoms with Gasteiger partial charge in [-0.2, -0.15) is 57.0 Å². The number of halogens is 6. The van der Waals surface area contributed by atoms with E-state index >= 15 is 0 Å².